The van der Waals surface area contributed by atoms with Crippen molar-refractivity contribution in [3.63, 3.8) is 0 Å². The lowest BCUT2D eigenvalue weighted by Crippen LogP contribution is -2.45. The van der Waals surface area contributed by atoms with Crippen molar-refractivity contribution < 1.29 is 24.5 Å². The Hall–Kier alpha value is -1.40. The van der Waals surface area contributed by atoms with Gasteiger partial charge in [0, 0.05) is 12.8 Å². The lowest BCUT2D eigenvalue weighted by atomic mass is 10.0. The van der Waals surface area contributed by atoms with E-state index in [1.165, 1.54) is 334 Å². The number of esters is 1. The number of aliphatic hydroxyl groups excluding tert-OH is 2. The topological polar surface area (TPSA) is 95.9 Å². The molecule has 0 aliphatic carbocycles. The summed E-state index contributed by atoms with van der Waals surface area (Å²) in [5, 5.41) is 23.3. The first-order chi connectivity index (χ1) is 38.5. The zero-order valence-corrected chi connectivity index (χ0v) is 53.2. The van der Waals surface area contributed by atoms with Crippen LogP contribution in [0.5, 0.6) is 0 Å². The SMILES string of the molecule is CCCCCCC/C=C\CCCCCCCC(=O)OCCCCCCCCCCCCCCCCCCCCCCCCCCCCCCCCCCCCCC(=O)NC(CO)C(O)CCCCCCCCCCCCCC. The third-order valence-corrected chi connectivity index (χ3v) is 17.1. The van der Waals surface area contributed by atoms with Gasteiger partial charge in [0.2, 0.25) is 5.91 Å². The molecule has 1 amide bonds. The fourth-order valence-electron chi connectivity index (χ4n) is 11.6. The van der Waals surface area contributed by atoms with E-state index in [0.29, 0.717) is 25.9 Å². The molecular weight excluding hydrogens is 959 g/mol. The Labute approximate surface area is 489 Å². The number of hydrogen-bond donors (Lipinski definition) is 3. The molecule has 0 aromatic rings. The Morgan fingerprint density at radius 3 is 0.910 bits per heavy atom. The number of carbonyl (C=O) groups excluding carboxylic acids is 2. The van der Waals surface area contributed by atoms with Gasteiger partial charge in [-0.05, 0) is 51.4 Å². The summed E-state index contributed by atoms with van der Waals surface area (Å²) in [4.78, 5) is 24.5. The fourth-order valence-corrected chi connectivity index (χ4v) is 11.6. The molecule has 2 atom stereocenters. The molecule has 0 heterocycles. The van der Waals surface area contributed by atoms with E-state index in [9.17, 15) is 19.8 Å². The number of unbranched alkanes of at least 4 members (excludes halogenated alkanes) is 55. The number of ether oxygens (including phenoxy) is 1. The molecule has 0 fully saturated rings. The zero-order chi connectivity index (χ0) is 56.4. The molecule has 3 N–H and O–H groups in total. The van der Waals surface area contributed by atoms with Crippen molar-refractivity contribution in [2.24, 2.45) is 0 Å². The van der Waals surface area contributed by atoms with Crippen molar-refractivity contribution in [1.82, 2.24) is 5.32 Å². The summed E-state index contributed by atoms with van der Waals surface area (Å²) in [6, 6.07) is -0.535. The van der Waals surface area contributed by atoms with E-state index in [4.69, 9.17) is 4.74 Å². The third-order valence-electron chi connectivity index (χ3n) is 17.1. The summed E-state index contributed by atoms with van der Waals surface area (Å²) in [6.45, 7) is 4.97. The highest BCUT2D eigenvalue weighted by atomic mass is 16.5. The quantitative estimate of drug-likeness (QED) is 0.0320. The van der Waals surface area contributed by atoms with Gasteiger partial charge in [0.05, 0.1) is 25.4 Å². The van der Waals surface area contributed by atoms with Crippen LogP contribution in [0.25, 0.3) is 0 Å². The molecule has 0 bridgehead atoms. The zero-order valence-electron chi connectivity index (χ0n) is 53.2. The molecule has 0 aromatic heterocycles. The lowest BCUT2D eigenvalue weighted by molar-refractivity contribution is -0.143. The average molecular weight is 1100 g/mol. The molecule has 2 unspecified atom stereocenters. The number of amides is 1. The number of carbonyl (C=O) groups is 2. The maximum Gasteiger partial charge on any atom is 0.305 e. The van der Waals surface area contributed by atoms with E-state index >= 15 is 0 Å². The molecule has 0 saturated carbocycles. The summed E-state index contributed by atoms with van der Waals surface area (Å²) in [6.07, 6.45) is 84.3. The van der Waals surface area contributed by atoms with E-state index in [0.717, 1.165) is 44.9 Å². The van der Waals surface area contributed by atoms with Crippen LogP contribution < -0.4 is 5.32 Å². The van der Waals surface area contributed by atoms with E-state index in [2.05, 4.69) is 31.3 Å². The Morgan fingerprint density at radius 1 is 0.346 bits per heavy atom. The van der Waals surface area contributed by atoms with Gasteiger partial charge in [-0.25, -0.2) is 0 Å². The average Bonchev–Trinajstić information content (AvgIpc) is 3.44. The van der Waals surface area contributed by atoms with Crippen LogP contribution in [0, 0.1) is 0 Å². The summed E-state index contributed by atoms with van der Waals surface area (Å²) >= 11 is 0. The van der Waals surface area contributed by atoms with E-state index in [1.807, 2.05) is 0 Å². The minimum atomic E-state index is -0.658. The molecule has 0 radical (unpaired) electrons. The van der Waals surface area contributed by atoms with E-state index in [1.54, 1.807) is 0 Å². The normalized spacial score (nSPS) is 12.5. The van der Waals surface area contributed by atoms with Crippen LogP contribution in [0.1, 0.15) is 412 Å². The molecule has 78 heavy (non-hydrogen) atoms. The molecule has 0 spiro atoms. The first-order valence-corrected chi connectivity index (χ1v) is 35.9. The first-order valence-electron chi connectivity index (χ1n) is 35.9. The number of aliphatic hydroxyl groups is 2. The maximum atomic E-state index is 12.5. The first kappa shape index (κ1) is 76.6. The number of nitrogens with one attached hydrogen (secondary N) is 1. The van der Waals surface area contributed by atoms with Crippen LogP contribution in [0.4, 0.5) is 0 Å². The Balaban J connectivity index is 3.28. The molecule has 0 saturated heterocycles. The number of hydrogen-bond acceptors (Lipinski definition) is 5. The lowest BCUT2D eigenvalue weighted by Gasteiger charge is -2.22. The Bertz CT molecular complexity index is 1180. The monoisotopic (exact) mass is 1100 g/mol. The van der Waals surface area contributed by atoms with Crippen LogP contribution in [0.2, 0.25) is 0 Å². The van der Waals surface area contributed by atoms with Gasteiger partial charge in [-0.15, -0.1) is 0 Å². The van der Waals surface area contributed by atoms with Gasteiger partial charge in [0.1, 0.15) is 0 Å². The Morgan fingerprint density at radius 2 is 0.603 bits per heavy atom. The van der Waals surface area contributed by atoms with Crippen LogP contribution in [0.3, 0.4) is 0 Å². The third kappa shape index (κ3) is 63.8. The highest BCUT2D eigenvalue weighted by Gasteiger charge is 2.20. The molecule has 6 nitrogen and oxygen atoms in total. The van der Waals surface area contributed by atoms with Crippen LogP contribution in [-0.4, -0.2) is 47.4 Å². The van der Waals surface area contributed by atoms with Crippen molar-refractivity contribution in [2.75, 3.05) is 13.2 Å². The molecule has 6 heteroatoms. The van der Waals surface area contributed by atoms with E-state index < -0.39 is 12.1 Å². The summed E-state index contributed by atoms with van der Waals surface area (Å²) in [5.74, 6) is -0.0129. The highest BCUT2D eigenvalue weighted by Crippen LogP contribution is 2.19. The predicted molar refractivity (Wildman–Crippen MR) is 343 cm³/mol. The van der Waals surface area contributed by atoms with Crippen molar-refractivity contribution in [2.45, 2.75) is 424 Å². The second-order valence-corrected chi connectivity index (χ2v) is 24.9. The van der Waals surface area contributed by atoms with Crippen molar-refractivity contribution in [3.05, 3.63) is 12.2 Å². The van der Waals surface area contributed by atoms with Gasteiger partial charge >= 0.3 is 5.97 Å². The van der Waals surface area contributed by atoms with Crippen molar-refractivity contribution in [3.8, 4) is 0 Å². The predicted octanol–water partition coefficient (Wildman–Crippen LogP) is 23.1. The van der Waals surface area contributed by atoms with Crippen LogP contribution in [-0.2, 0) is 14.3 Å². The van der Waals surface area contributed by atoms with Crippen LogP contribution >= 0.6 is 0 Å². The fraction of sp³-hybridized carbons (Fsp3) is 0.944. The van der Waals surface area contributed by atoms with Crippen LogP contribution in [0.15, 0.2) is 12.2 Å². The standard InChI is InChI=1S/C72H141NO5/c1-3-5-7-9-11-13-15-17-42-46-50-54-58-62-66-72(77)78-67-63-59-55-51-47-43-40-38-36-34-32-30-28-26-24-22-20-18-19-21-23-25-27-29-31-33-35-37-39-41-45-49-53-57-61-65-71(76)73-69(68-74)70(75)64-60-56-52-48-44-16-14-12-10-8-6-4-2/h15,17,69-70,74-75H,3-14,16,18-68H2,1-2H3,(H,73,76)/b17-15-. The molecular formula is C72H141NO5. The summed E-state index contributed by atoms with van der Waals surface area (Å²) in [5.41, 5.74) is 0. The maximum absolute atomic E-state index is 12.5. The molecule has 0 aliphatic heterocycles. The van der Waals surface area contributed by atoms with Crippen molar-refractivity contribution in [1.29, 1.82) is 0 Å². The van der Waals surface area contributed by atoms with Gasteiger partial charge in [0.25, 0.3) is 0 Å². The number of rotatable bonds is 68. The van der Waals surface area contributed by atoms with Gasteiger partial charge in [0.15, 0.2) is 0 Å². The van der Waals surface area contributed by atoms with E-state index in [-0.39, 0.29) is 18.5 Å². The molecule has 464 valence electrons. The molecule has 0 aromatic carbocycles. The minimum absolute atomic E-state index is 0.0148. The second-order valence-electron chi connectivity index (χ2n) is 24.9. The van der Waals surface area contributed by atoms with Gasteiger partial charge in [-0.3, -0.25) is 9.59 Å². The summed E-state index contributed by atoms with van der Waals surface area (Å²) in [7, 11) is 0. The highest BCUT2D eigenvalue weighted by molar-refractivity contribution is 5.76. The number of allylic oxidation sites excluding steroid dienone is 2. The summed E-state index contributed by atoms with van der Waals surface area (Å²) < 4.78 is 5.49. The molecule has 0 rings (SSSR count). The molecule has 0 aliphatic rings. The van der Waals surface area contributed by atoms with Crippen molar-refractivity contribution >= 4 is 11.9 Å². The van der Waals surface area contributed by atoms with Gasteiger partial charge in [-0.1, -0.05) is 360 Å². The largest absolute Gasteiger partial charge is 0.466 e. The minimum Gasteiger partial charge on any atom is -0.466 e. The smallest absolute Gasteiger partial charge is 0.305 e. The van der Waals surface area contributed by atoms with Gasteiger partial charge in [-0.2, -0.15) is 0 Å². The second kappa shape index (κ2) is 68.1. The van der Waals surface area contributed by atoms with Gasteiger partial charge < -0.3 is 20.3 Å². The Kier molecular flexibility index (Phi) is 66.9.